The van der Waals surface area contributed by atoms with Crippen LogP contribution in [0.2, 0.25) is 5.02 Å². The average molecular weight is 287 g/mol. The van der Waals surface area contributed by atoms with E-state index in [2.05, 4.69) is 6.07 Å². The molecule has 0 bridgehead atoms. The smallest absolute Gasteiger partial charge is 0.170 e. The van der Waals surface area contributed by atoms with Gasteiger partial charge in [0.15, 0.2) is 5.78 Å². The van der Waals surface area contributed by atoms with Crippen LogP contribution >= 0.6 is 11.6 Å². The molecule has 3 rings (SSSR count). The van der Waals surface area contributed by atoms with Crippen LogP contribution in [0.5, 0.6) is 0 Å². The SMILES string of the molecule is O=C(Cc1ccc(Cl)cc1)C1OCCc2ccccc21. The van der Waals surface area contributed by atoms with E-state index >= 15 is 0 Å². The molecule has 1 heterocycles. The lowest BCUT2D eigenvalue weighted by Gasteiger charge is -2.25. The molecular formula is C17H15ClO2. The van der Waals surface area contributed by atoms with Gasteiger partial charge in [-0.3, -0.25) is 4.79 Å². The first kappa shape index (κ1) is 13.3. The zero-order valence-corrected chi connectivity index (χ0v) is 11.8. The Morgan fingerprint density at radius 3 is 2.70 bits per heavy atom. The first-order chi connectivity index (χ1) is 9.74. The van der Waals surface area contributed by atoms with Gasteiger partial charge in [-0.25, -0.2) is 0 Å². The van der Waals surface area contributed by atoms with Gasteiger partial charge in [-0.2, -0.15) is 0 Å². The van der Waals surface area contributed by atoms with Crippen LogP contribution in [0.1, 0.15) is 22.8 Å². The van der Waals surface area contributed by atoms with Crippen molar-refractivity contribution >= 4 is 17.4 Å². The summed E-state index contributed by atoms with van der Waals surface area (Å²) in [5.74, 6) is 0.0967. The molecule has 0 radical (unpaired) electrons. The van der Waals surface area contributed by atoms with Crippen LogP contribution in [0, 0.1) is 0 Å². The Balaban J connectivity index is 1.80. The van der Waals surface area contributed by atoms with Crippen molar-refractivity contribution in [1.29, 1.82) is 0 Å². The summed E-state index contributed by atoms with van der Waals surface area (Å²) in [4.78, 5) is 12.5. The number of hydrogen-bond acceptors (Lipinski definition) is 2. The number of ketones is 1. The molecule has 0 saturated carbocycles. The molecule has 1 aliphatic rings. The molecule has 0 N–H and O–H groups in total. The molecule has 0 saturated heterocycles. The lowest BCUT2D eigenvalue weighted by Crippen LogP contribution is -2.24. The van der Waals surface area contributed by atoms with Crippen molar-refractivity contribution in [2.45, 2.75) is 18.9 Å². The van der Waals surface area contributed by atoms with Crippen molar-refractivity contribution in [3.05, 3.63) is 70.2 Å². The third kappa shape index (κ3) is 2.77. The summed E-state index contributed by atoms with van der Waals surface area (Å²) in [7, 11) is 0. The second kappa shape index (κ2) is 5.78. The second-order valence-electron chi connectivity index (χ2n) is 4.97. The van der Waals surface area contributed by atoms with Gasteiger partial charge in [0, 0.05) is 11.4 Å². The standard InChI is InChI=1S/C17H15ClO2/c18-14-7-5-12(6-8-14)11-16(19)17-15-4-2-1-3-13(15)9-10-20-17/h1-8,17H,9-11H2. The van der Waals surface area contributed by atoms with Crippen molar-refractivity contribution in [2.24, 2.45) is 0 Å². The van der Waals surface area contributed by atoms with Crippen molar-refractivity contribution in [1.82, 2.24) is 0 Å². The van der Waals surface area contributed by atoms with E-state index in [-0.39, 0.29) is 5.78 Å². The van der Waals surface area contributed by atoms with E-state index in [0.29, 0.717) is 18.1 Å². The van der Waals surface area contributed by atoms with Crippen LogP contribution in [0.15, 0.2) is 48.5 Å². The van der Waals surface area contributed by atoms with E-state index < -0.39 is 6.10 Å². The molecule has 0 amide bonds. The first-order valence-corrected chi connectivity index (χ1v) is 7.08. The van der Waals surface area contributed by atoms with E-state index in [4.69, 9.17) is 16.3 Å². The summed E-state index contributed by atoms with van der Waals surface area (Å²) in [5.41, 5.74) is 3.19. The molecule has 2 aromatic rings. The number of carbonyl (C=O) groups excluding carboxylic acids is 1. The number of fused-ring (bicyclic) bond motifs is 1. The molecule has 0 aliphatic carbocycles. The zero-order valence-electron chi connectivity index (χ0n) is 11.0. The van der Waals surface area contributed by atoms with E-state index in [1.54, 1.807) is 12.1 Å². The summed E-state index contributed by atoms with van der Waals surface area (Å²) in [6.07, 6.45) is 0.812. The van der Waals surface area contributed by atoms with Crippen molar-refractivity contribution in [3.63, 3.8) is 0 Å². The Morgan fingerprint density at radius 2 is 1.90 bits per heavy atom. The molecule has 1 aliphatic heterocycles. The van der Waals surface area contributed by atoms with Gasteiger partial charge in [0.1, 0.15) is 6.10 Å². The first-order valence-electron chi connectivity index (χ1n) is 6.70. The van der Waals surface area contributed by atoms with E-state index in [1.165, 1.54) is 5.56 Å². The van der Waals surface area contributed by atoms with E-state index in [0.717, 1.165) is 17.5 Å². The summed E-state index contributed by atoms with van der Waals surface area (Å²) >= 11 is 5.85. The fourth-order valence-corrected chi connectivity index (χ4v) is 2.68. The molecule has 1 unspecified atom stereocenters. The van der Waals surface area contributed by atoms with Crippen molar-refractivity contribution in [3.8, 4) is 0 Å². The number of rotatable bonds is 3. The van der Waals surface area contributed by atoms with E-state index in [9.17, 15) is 4.79 Å². The quantitative estimate of drug-likeness (QED) is 0.859. The van der Waals surface area contributed by atoms with Crippen molar-refractivity contribution < 1.29 is 9.53 Å². The maximum absolute atomic E-state index is 12.5. The maximum Gasteiger partial charge on any atom is 0.170 e. The lowest BCUT2D eigenvalue weighted by atomic mass is 9.93. The number of halogens is 1. The topological polar surface area (TPSA) is 26.3 Å². The van der Waals surface area contributed by atoms with Crippen LogP contribution < -0.4 is 0 Å². The van der Waals surface area contributed by atoms with Gasteiger partial charge >= 0.3 is 0 Å². The maximum atomic E-state index is 12.5. The molecule has 0 fully saturated rings. The van der Waals surface area contributed by atoms with Gasteiger partial charge in [-0.05, 0) is 35.2 Å². The van der Waals surface area contributed by atoms with Crippen molar-refractivity contribution in [2.75, 3.05) is 6.61 Å². The summed E-state index contributed by atoms with van der Waals surface area (Å²) in [6, 6.07) is 15.4. The largest absolute Gasteiger partial charge is 0.365 e. The number of carbonyl (C=O) groups is 1. The van der Waals surface area contributed by atoms with Gasteiger partial charge in [-0.15, -0.1) is 0 Å². The van der Waals surface area contributed by atoms with Crippen LogP contribution in [0.3, 0.4) is 0 Å². The molecule has 3 heteroatoms. The zero-order chi connectivity index (χ0) is 13.9. The van der Waals surface area contributed by atoms with Gasteiger partial charge in [0.25, 0.3) is 0 Å². The van der Waals surface area contributed by atoms with Gasteiger partial charge in [-0.1, -0.05) is 48.0 Å². The molecule has 0 spiro atoms. The highest BCUT2D eigenvalue weighted by molar-refractivity contribution is 6.30. The average Bonchev–Trinajstić information content (AvgIpc) is 2.49. The summed E-state index contributed by atoms with van der Waals surface area (Å²) in [6.45, 7) is 0.605. The van der Waals surface area contributed by atoms with Crippen LogP contribution in [0.4, 0.5) is 0 Å². The Bertz CT molecular complexity index is 619. The fraction of sp³-hybridized carbons (Fsp3) is 0.235. The Labute approximate surface area is 123 Å². The highest BCUT2D eigenvalue weighted by Crippen LogP contribution is 2.28. The fourth-order valence-electron chi connectivity index (χ4n) is 2.56. The second-order valence-corrected chi connectivity index (χ2v) is 5.41. The predicted molar refractivity (Wildman–Crippen MR) is 79.0 cm³/mol. The lowest BCUT2D eigenvalue weighted by molar-refractivity contribution is -0.131. The monoisotopic (exact) mass is 286 g/mol. The molecule has 102 valence electrons. The third-order valence-electron chi connectivity index (χ3n) is 3.58. The molecular weight excluding hydrogens is 272 g/mol. The Hall–Kier alpha value is -1.64. The minimum absolute atomic E-state index is 0.0967. The highest BCUT2D eigenvalue weighted by Gasteiger charge is 2.26. The molecule has 0 aromatic heterocycles. The number of Topliss-reactive ketones (excluding diaryl/α,β-unsaturated/α-hetero) is 1. The normalized spacial score (nSPS) is 17.6. The molecule has 2 nitrogen and oxygen atoms in total. The summed E-state index contributed by atoms with van der Waals surface area (Å²) < 4.78 is 5.69. The minimum Gasteiger partial charge on any atom is -0.365 e. The van der Waals surface area contributed by atoms with Crippen LogP contribution in [-0.4, -0.2) is 12.4 Å². The predicted octanol–water partition coefficient (Wildman–Crippen LogP) is 3.77. The van der Waals surface area contributed by atoms with Gasteiger partial charge < -0.3 is 4.74 Å². The molecule has 20 heavy (non-hydrogen) atoms. The molecule has 2 aromatic carbocycles. The van der Waals surface area contributed by atoms with Gasteiger partial charge in [0.2, 0.25) is 0 Å². The number of hydrogen-bond donors (Lipinski definition) is 0. The van der Waals surface area contributed by atoms with E-state index in [1.807, 2.05) is 30.3 Å². The molecule has 1 atom stereocenters. The van der Waals surface area contributed by atoms with Gasteiger partial charge in [0.05, 0.1) is 6.61 Å². The van der Waals surface area contributed by atoms with Crippen LogP contribution in [-0.2, 0) is 22.4 Å². The Kier molecular flexibility index (Phi) is 3.86. The third-order valence-corrected chi connectivity index (χ3v) is 3.83. The Morgan fingerprint density at radius 1 is 1.15 bits per heavy atom. The minimum atomic E-state index is -0.435. The number of ether oxygens (including phenoxy) is 1. The summed E-state index contributed by atoms with van der Waals surface area (Å²) in [5, 5.41) is 0.681. The van der Waals surface area contributed by atoms with Crippen LogP contribution in [0.25, 0.3) is 0 Å². The number of benzene rings is 2. The highest BCUT2D eigenvalue weighted by atomic mass is 35.5.